The second-order valence-corrected chi connectivity index (χ2v) is 6.17. The number of para-hydroxylation sites is 1. The fraction of sp³-hybridized carbons (Fsp3) is 0.412. The van der Waals surface area contributed by atoms with E-state index < -0.39 is 0 Å². The van der Waals surface area contributed by atoms with Crippen LogP contribution in [0.1, 0.15) is 32.1 Å². The summed E-state index contributed by atoms with van der Waals surface area (Å²) in [4.78, 5) is 2.22. The van der Waals surface area contributed by atoms with E-state index in [1.165, 1.54) is 11.3 Å². The lowest BCUT2D eigenvalue weighted by Gasteiger charge is -2.25. The van der Waals surface area contributed by atoms with Gasteiger partial charge in [0.2, 0.25) is 0 Å². The molecule has 0 radical (unpaired) electrons. The van der Waals surface area contributed by atoms with Gasteiger partial charge >= 0.3 is 0 Å². The number of furan rings is 1. The van der Waals surface area contributed by atoms with Crippen LogP contribution in [0.25, 0.3) is 0 Å². The van der Waals surface area contributed by atoms with Gasteiger partial charge in [-0.15, -0.1) is 0 Å². The fourth-order valence-corrected chi connectivity index (χ4v) is 2.11. The smallest absolute Gasteiger partial charge is 0.123 e. The average molecular weight is 272 g/mol. The van der Waals surface area contributed by atoms with Crippen molar-refractivity contribution >= 4 is 5.69 Å². The van der Waals surface area contributed by atoms with Gasteiger partial charge < -0.3 is 14.6 Å². The maximum atomic E-state index is 5.42. The predicted molar refractivity (Wildman–Crippen MR) is 83.8 cm³/mol. The first-order valence-corrected chi connectivity index (χ1v) is 7.02. The molecule has 0 fully saturated rings. The standard InChI is InChI=1S/C17H24N2O/c1-17(2,3)18-12-14-8-5-6-10-16(14)19(4)13-15-9-7-11-20-15/h5-11,18H,12-13H2,1-4H3. The van der Waals surface area contributed by atoms with Crippen LogP contribution < -0.4 is 10.2 Å². The van der Waals surface area contributed by atoms with E-state index >= 15 is 0 Å². The Morgan fingerprint density at radius 1 is 1.10 bits per heavy atom. The number of nitrogens with zero attached hydrogens (tertiary/aromatic N) is 1. The Hall–Kier alpha value is -1.74. The maximum absolute atomic E-state index is 5.42. The zero-order valence-corrected chi connectivity index (χ0v) is 12.8. The lowest BCUT2D eigenvalue weighted by atomic mass is 10.1. The SMILES string of the molecule is CN(Cc1ccco1)c1ccccc1CNC(C)(C)C. The van der Waals surface area contributed by atoms with Crippen LogP contribution in [0.2, 0.25) is 0 Å². The van der Waals surface area contributed by atoms with E-state index in [0.29, 0.717) is 0 Å². The quantitative estimate of drug-likeness (QED) is 0.897. The molecule has 1 aromatic carbocycles. The number of rotatable bonds is 5. The van der Waals surface area contributed by atoms with E-state index in [1.54, 1.807) is 6.26 Å². The summed E-state index contributed by atoms with van der Waals surface area (Å²) in [5.74, 6) is 0.978. The molecule has 1 heterocycles. The van der Waals surface area contributed by atoms with Crippen LogP contribution in [0.4, 0.5) is 5.69 Å². The van der Waals surface area contributed by atoms with Crippen molar-refractivity contribution in [3.05, 3.63) is 54.0 Å². The molecule has 2 rings (SSSR count). The highest BCUT2D eigenvalue weighted by atomic mass is 16.3. The van der Waals surface area contributed by atoms with Crippen molar-refractivity contribution in [2.24, 2.45) is 0 Å². The van der Waals surface area contributed by atoms with Gasteiger partial charge in [0.15, 0.2) is 0 Å². The monoisotopic (exact) mass is 272 g/mol. The topological polar surface area (TPSA) is 28.4 Å². The van der Waals surface area contributed by atoms with E-state index in [1.807, 2.05) is 12.1 Å². The molecule has 0 aliphatic carbocycles. The highest BCUT2D eigenvalue weighted by molar-refractivity contribution is 5.53. The number of nitrogens with one attached hydrogen (secondary N) is 1. The summed E-state index contributed by atoms with van der Waals surface area (Å²) >= 11 is 0. The van der Waals surface area contributed by atoms with Crippen LogP contribution in [-0.4, -0.2) is 12.6 Å². The molecule has 108 valence electrons. The number of anilines is 1. The average Bonchev–Trinajstić information content (AvgIpc) is 2.88. The summed E-state index contributed by atoms with van der Waals surface area (Å²) in [6, 6.07) is 12.4. The van der Waals surface area contributed by atoms with Gasteiger partial charge in [0.05, 0.1) is 12.8 Å². The maximum Gasteiger partial charge on any atom is 0.123 e. The first kappa shape index (κ1) is 14.7. The van der Waals surface area contributed by atoms with Gasteiger partial charge in [-0.05, 0) is 44.5 Å². The molecule has 0 saturated heterocycles. The molecule has 3 nitrogen and oxygen atoms in total. The van der Waals surface area contributed by atoms with Crippen LogP contribution in [0, 0.1) is 0 Å². The third kappa shape index (κ3) is 4.14. The third-order valence-corrected chi connectivity index (χ3v) is 3.19. The van der Waals surface area contributed by atoms with Gasteiger partial charge in [-0.3, -0.25) is 0 Å². The van der Waals surface area contributed by atoms with Crippen molar-refractivity contribution in [2.75, 3.05) is 11.9 Å². The Kier molecular flexibility index (Phi) is 4.50. The lowest BCUT2D eigenvalue weighted by molar-refractivity contribution is 0.424. The van der Waals surface area contributed by atoms with Crippen molar-refractivity contribution in [1.29, 1.82) is 0 Å². The van der Waals surface area contributed by atoms with Gasteiger partial charge in [-0.25, -0.2) is 0 Å². The van der Waals surface area contributed by atoms with Crippen molar-refractivity contribution in [3.8, 4) is 0 Å². The second kappa shape index (κ2) is 6.14. The van der Waals surface area contributed by atoms with Crippen molar-refractivity contribution in [2.45, 2.75) is 39.4 Å². The van der Waals surface area contributed by atoms with E-state index in [-0.39, 0.29) is 5.54 Å². The Bertz CT molecular complexity index is 526. The molecule has 0 amide bonds. The Morgan fingerprint density at radius 2 is 1.85 bits per heavy atom. The molecular weight excluding hydrogens is 248 g/mol. The molecule has 20 heavy (non-hydrogen) atoms. The summed E-state index contributed by atoms with van der Waals surface area (Å²) in [5, 5.41) is 3.54. The van der Waals surface area contributed by atoms with Crippen molar-refractivity contribution < 1.29 is 4.42 Å². The van der Waals surface area contributed by atoms with E-state index in [9.17, 15) is 0 Å². The van der Waals surface area contributed by atoms with Crippen LogP contribution in [0.5, 0.6) is 0 Å². The molecular formula is C17H24N2O. The molecule has 0 aliphatic heterocycles. The van der Waals surface area contributed by atoms with Gasteiger partial charge in [0, 0.05) is 24.8 Å². The Balaban J connectivity index is 2.10. The van der Waals surface area contributed by atoms with Crippen LogP contribution in [0.15, 0.2) is 47.1 Å². The summed E-state index contributed by atoms with van der Waals surface area (Å²) in [7, 11) is 2.10. The fourth-order valence-electron chi connectivity index (χ4n) is 2.11. The highest BCUT2D eigenvalue weighted by Gasteiger charge is 2.12. The summed E-state index contributed by atoms with van der Waals surface area (Å²) < 4.78 is 5.42. The van der Waals surface area contributed by atoms with Gasteiger partial charge in [0.25, 0.3) is 0 Å². The number of hydrogen-bond donors (Lipinski definition) is 1. The third-order valence-electron chi connectivity index (χ3n) is 3.19. The van der Waals surface area contributed by atoms with Crippen LogP contribution >= 0.6 is 0 Å². The van der Waals surface area contributed by atoms with E-state index in [2.05, 4.69) is 62.3 Å². The first-order chi connectivity index (χ1) is 9.46. The van der Waals surface area contributed by atoms with Crippen molar-refractivity contribution in [3.63, 3.8) is 0 Å². The second-order valence-electron chi connectivity index (χ2n) is 6.17. The van der Waals surface area contributed by atoms with E-state index in [0.717, 1.165) is 18.8 Å². The molecule has 1 aromatic heterocycles. The molecule has 0 aliphatic rings. The van der Waals surface area contributed by atoms with Gasteiger partial charge in [0.1, 0.15) is 5.76 Å². The first-order valence-electron chi connectivity index (χ1n) is 7.02. The zero-order chi connectivity index (χ0) is 14.6. The molecule has 3 heteroatoms. The van der Waals surface area contributed by atoms with Crippen LogP contribution in [0.3, 0.4) is 0 Å². The summed E-state index contributed by atoms with van der Waals surface area (Å²) in [5.41, 5.74) is 2.66. The number of benzene rings is 1. The minimum Gasteiger partial charge on any atom is -0.467 e. The van der Waals surface area contributed by atoms with Crippen LogP contribution in [-0.2, 0) is 13.1 Å². The molecule has 2 aromatic rings. The highest BCUT2D eigenvalue weighted by Crippen LogP contribution is 2.21. The Morgan fingerprint density at radius 3 is 2.50 bits per heavy atom. The Labute approximate surface area is 121 Å². The predicted octanol–water partition coefficient (Wildman–Crippen LogP) is 3.80. The summed E-state index contributed by atoms with van der Waals surface area (Å²) in [6.45, 7) is 8.19. The van der Waals surface area contributed by atoms with Gasteiger partial charge in [-0.1, -0.05) is 18.2 Å². The van der Waals surface area contributed by atoms with Gasteiger partial charge in [-0.2, -0.15) is 0 Å². The largest absolute Gasteiger partial charge is 0.467 e. The van der Waals surface area contributed by atoms with E-state index in [4.69, 9.17) is 4.42 Å². The number of hydrogen-bond acceptors (Lipinski definition) is 3. The van der Waals surface area contributed by atoms with Crippen molar-refractivity contribution in [1.82, 2.24) is 5.32 Å². The molecule has 0 spiro atoms. The lowest BCUT2D eigenvalue weighted by Crippen LogP contribution is -2.35. The zero-order valence-electron chi connectivity index (χ0n) is 12.8. The molecule has 0 atom stereocenters. The molecule has 0 bridgehead atoms. The minimum atomic E-state index is 0.118. The molecule has 0 unspecified atom stereocenters. The molecule has 0 saturated carbocycles. The minimum absolute atomic E-state index is 0.118. The normalized spacial score (nSPS) is 11.6. The molecule has 1 N–H and O–H groups in total. The summed E-state index contributed by atoms with van der Waals surface area (Å²) in [6.07, 6.45) is 1.72.